The lowest BCUT2D eigenvalue weighted by atomic mass is 10.0. The van der Waals surface area contributed by atoms with Crippen molar-refractivity contribution in [1.82, 2.24) is 10.2 Å². The van der Waals surface area contributed by atoms with Crippen molar-refractivity contribution in [1.29, 1.82) is 0 Å². The van der Waals surface area contributed by atoms with E-state index in [2.05, 4.69) is 11.7 Å². The van der Waals surface area contributed by atoms with Gasteiger partial charge in [0.25, 0.3) is 5.91 Å². The summed E-state index contributed by atoms with van der Waals surface area (Å²) in [6.45, 7) is -2.11. The van der Waals surface area contributed by atoms with Gasteiger partial charge in [-0.15, -0.1) is 0 Å². The number of alkyl halides is 4. The maximum atomic E-state index is 14.1. The van der Waals surface area contributed by atoms with Crippen molar-refractivity contribution in [3.8, 4) is 0 Å². The van der Waals surface area contributed by atoms with E-state index in [1.54, 1.807) is 0 Å². The number of nitrogens with two attached hydrogens (primary N) is 2. The first kappa shape index (κ1) is 30.4. The van der Waals surface area contributed by atoms with Gasteiger partial charge in [-0.05, 0) is 42.6 Å². The van der Waals surface area contributed by atoms with Gasteiger partial charge >= 0.3 is 6.18 Å². The molecule has 0 aliphatic carbocycles. The molecule has 0 bridgehead atoms. The predicted molar refractivity (Wildman–Crippen MR) is 127 cm³/mol. The number of hydrogen-bond donors (Lipinski definition) is 4. The summed E-state index contributed by atoms with van der Waals surface area (Å²) in [5, 5.41) is 17.4. The first-order valence-corrected chi connectivity index (χ1v) is 11.0. The molecule has 3 unspecified atom stereocenters. The maximum Gasteiger partial charge on any atom is 0.420 e. The lowest BCUT2D eigenvalue weighted by Crippen LogP contribution is -2.61. The van der Waals surface area contributed by atoms with Crippen LogP contribution in [0.15, 0.2) is 65.7 Å². The van der Waals surface area contributed by atoms with Crippen LogP contribution in [0.5, 0.6) is 0 Å². The zero-order valence-corrected chi connectivity index (χ0v) is 19.8. The van der Waals surface area contributed by atoms with Gasteiger partial charge < -0.3 is 26.8 Å². The van der Waals surface area contributed by atoms with Crippen molar-refractivity contribution in [2.45, 2.75) is 17.9 Å². The van der Waals surface area contributed by atoms with E-state index in [0.717, 1.165) is 35.6 Å². The Kier molecular flexibility index (Phi) is 10.1. The van der Waals surface area contributed by atoms with Crippen LogP contribution in [0.25, 0.3) is 0 Å². The van der Waals surface area contributed by atoms with Crippen molar-refractivity contribution in [2.24, 2.45) is 22.5 Å². The normalized spacial score (nSPS) is 19.5. The molecule has 0 aromatic heterocycles. The predicted octanol–water partition coefficient (Wildman–Crippen LogP) is 1.62. The van der Waals surface area contributed by atoms with E-state index in [1.165, 1.54) is 12.1 Å². The Morgan fingerprint density at radius 1 is 1.26 bits per heavy atom. The summed E-state index contributed by atoms with van der Waals surface area (Å²) in [7, 11) is 0. The molecule has 15 heteroatoms. The molecule has 6 N–H and O–H groups in total. The molecule has 2 rings (SSSR count). The zero-order chi connectivity index (χ0) is 28.7. The fourth-order valence-electron chi connectivity index (χ4n) is 3.32. The number of carbonyl (C=O) groups is 2. The monoisotopic (exact) mass is 548 g/mol. The molecule has 1 aliphatic rings. The van der Waals surface area contributed by atoms with E-state index in [-0.39, 0.29) is 4.90 Å². The van der Waals surface area contributed by atoms with Gasteiger partial charge in [0.05, 0.1) is 24.4 Å². The number of allylic oxidation sites excluding steroid dienone is 2. The van der Waals surface area contributed by atoms with Crippen molar-refractivity contribution in [3.63, 3.8) is 0 Å². The van der Waals surface area contributed by atoms with Crippen LogP contribution in [0.4, 0.5) is 32.0 Å². The minimum absolute atomic E-state index is 0.223. The van der Waals surface area contributed by atoms with Crippen LogP contribution in [0.1, 0.15) is 0 Å². The zero-order valence-electron chi connectivity index (χ0n) is 19.8. The molecule has 0 spiro atoms. The molecule has 1 aromatic carbocycles. The van der Waals surface area contributed by atoms with Crippen molar-refractivity contribution in [2.75, 3.05) is 31.3 Å². The average Bonchev–Trinajstić information content (AvgIpc) is 3.25. The van der Waals surface area contributed by atoms with E-state index in [1.807, 2.05) is 5.32 Å². The molecule has 1 aromatic rings. The number of nitrogens with zero attached hydrogens (tertiary/aromatic N) is 3. The quantitative estimate of drug-likeness (QED) is 0.189. The Hall–Kier alpha value is -3.85. The fraction of sp³-hybridized carbons (Fsp3) is 0.348. The third kappa shape index (κ3) is 7.13. The second-order valence-electron chi connectivity index (χ2n) is 8.14. The van der Waals surface area contributed by atoms with Crippen molar-refractivity contribution >= 4 is 23.7 Å². The molecule has 1 heterocycles. The summed E-state index contributed by atoms with van der Waals surface area (Å²) in [4.78, 5) is 25.4. The second kappa shape index (κ2) is 12.6. The van der Waals surface area contributed by atoms with Gasteiger partial charge in [-0.2, -0.15) is 18.3 Å². The van der Waals surface area contributed by atoms with Crippen LogP contribution >= 0.6 is 0 Å². The van der Waals surface area contributed by atoms with Gasteiger partial charge in [-0.25, -0.2) is 18.2 Å². The number of nitrogens with one attached hydrogen (secondary N) is 1. The van der Waals surface area contributed by atoms with Crippen molar-refractivity contribution < 1.29 is 41.0 Å². The number of halogens is 6. The number of carbonyl (C=O) groups excluding carboxylic acids is 2. The molecule has 38 heavy (non-hydrogen) atoms. The highest BCUT2D eigenvalue weighted by molar-refractivity contribution is 5.97. The highest BCUT2D eigenvalue weighted by Crippen LogP contribution is 2.32. The van der Waals surface area contributed by atoms with Gasteiger partial charge in [0.2, 0.25) is 5.91 Å². The summed E-state index contributed by atoms with van der Waals surface area (Å²) >= 11 is 0. The van der Waals surface area contributed by atoms with E-state index in [0.29, 0.717) is 11.8 Å². The highest BCUT2D eigenvalue weighted by Gasteiger charge is 2.55. The number of hydrogen-bond acceptors (Lipinski definition) is 7. The number of amides is 2. The van der Waals surface area contributed by atoms with E-state index in [4.69, 9.17) is 11.5 Å². The second-order valence-corrected chi connectivity index (χ2v) is 8.14. The summed E-state index contributed by atoms with van der Waals surface area (Å²) in [5.74, 6) is -5.53. The summed E-state index contributed by atoms with van der Waals surface area (Å²) in [5.41, 5.74) is 6.67. The molecule has 0 saturated heterocycles. The number of hydrazone groups is 1. The molecule has 1 aliphatic heterocycles. The average molecular weight is 548 g/mol. The Morgan fingerprint density at radius 2 is 1.89 bits per heavy atom. The number of benzene rings is 1. The first-order valence-electron chi connectivity index (χ1n) is 11.0. The highest BCUT2D eigenvalue weighted by atomic mass is 19.4. The lowest BCUT2D eigenvalue weighted by Gasteiger charge is -2.36. The Bertz CT molecular complexity index is 1110. The molecular formula is C23H26F6N6O3. The van der Waals surface area contributed by atoms with Crippen LogP contribution in [-0.2, 0) is 9.59 Å². The number of aliphatic hydroxyl groups is 1. The first-order chi connectivity index (χ1) is 17.8. The SMILES string of the molecule is C=C(C(=O)N(CCF)CC(O)(CNC(=O)C1C=NN(c2ccc(F)cc2)C1N)C(F)(F)F)/C(F)=C\C=C/N. The summed E-state index contributed by atoms with van der Waals surface area (Å²) in [6, 6.07) is 4.88. The lowest BCUT2D eigenvalue weighted by molar-refractivity contribution is -0.261. The minimum Gasteiger partial charge on any atom is -0.405 e. The fourth-order valence-corrected chi connectivity index (χ4v) is 3.32. The van der Waals surface area contributed by atoms with Gasteiger partial charge in [-0.3, -0.25) is 9.59 Å². The van der Waals surface area contributed by atoms with Crippen LogP contribution in [0.3, 0.4) is 0 Å². The molecule has 208 valence electrons. The van der Waals surface area contributed by atoms with E-state index < -0.39 is 79.2 Å². The maximum absolute atomic E-state index is 14.1. The molecule has 0 saturated carbocycles. The molecular weight excluding hydrogens is 522 g/mol. The van der Waals surface area contributed by atoms with Gasteiger partial charge in [0, 0.05) is 12.8 Å². The smallest absolute Gasteiger partial charge is 0.405 e. The molecule has 0 fully saturated rings. The van der Waals surface area contributed by atoms with Crippen molar-refractivity contribution in [3.05, 3.63) is 66.4 Å². The third-order valence-corrected chi connectivity index (χ3v) is 5.47. The largest absolute Gasteiger partial charge is 0.420 e. The van der Waals surface area contributed by atoms with E-state index in [9.17, 15) is 41.0 Å². The number of anilines is 1. The molecule has 0 radical (unpaired) electrons. The topological polar surface area (TPSA) is 137 Å². The molecule has 3 atom stereocenters. The Labute approximate surface area is 213 Å². The summed E-state index contributed by atoms with van der Waals surface area (Å²) in [6.07, 6.45) is -2.91. The molecule has 2 amide bonds. The Morgan fingerprint density at radius 3 is 2.45 bits per heavy atom. The van der Waals surface area contributed by atoms with Crippen LogP contribution in [0.2, 0.25) is 0 Å². The third-order valence-electron chi connectivity index (χ3n) is 5.47. The Balaban J connectivity index is 2.17. The minimum atomic E-state index is -5.42. The van der Waals surface area contributed by atoms with Gasteiger partial charge in [-0.1, -0.05) is 6.58 Å². The van der Waals surface area contributed by atoms with Crippen LogP contribution in [-0.4, -0.2) is 72.3 Å². The van der Waals surface area contributed by atoms with Gasteiger partial charge in [0.15, 0.2) is 5.60 Å². The van der Waals surface area contributed by atoms with Crippen LogP contribution in [0, 0.1) is 11.7 Å². The number of rotatable bonds is 11. The molecule has 9 nitrogen and oxygen atoms in total. The van der Waals surface area contributed by atoms with Crippen LogP contribution < -0.4 is 21.8 Å². The summed E-state index contributed by atoms with van der Waals surface area (Å²) < 4.78 is 81.9. The van der Waals surface area contributed by atoms with Gasteiger partial charge in [0.1, 0.15) is 30.4 Å². The van der Waals surface area contributed by atoms with E-state index >= 15 is 0 Å². The standard InChI is InChI=1S/C23H26F6N6O3/c1-14(18(26)3-2-9-30)21(37)34(10-8-24)13-22(38,23(27,28)29)12-32-20(36)17-11-33-35(19(17)31)16-6-4-15(25)5-7-16/h2-7,9,11,17,19,38H,1,8,10,12-13,30-31H2,(H,32,36)/b9-2-,18-3+.